The number of carbonyl (C=O) groups is 2. The molecule has 1 rings (SSSR count). The number of nitrogens with zero attached hydrogens (tertiary/aromatic N) is 1. The molecule has 1 aromatic rings. The number of H-pyrrole nitrogens is 1. The van der Waals surface area contributed by atoms with Crippen LogP contribution in [0, 0.1) is 5.82 Å². The lowest BCUT2D eigenvalue weighted by Crippen LogP contribution is -2.37. The minimum absolute atomic E-state index is 0.116. The molecular weight excluding hydrogens is 251 g/mol. The lowest BCUT2D eigenvalue weighted by atomic mass is 10.4. The molecule has 98 valence electrons. The van der Waals surface area contributed by atoms with Crippen molar-refractivity contribution in [2.75, 3.05) is 6.61 Å². The van der Waals surface area contributed by atoms with Gasteiger partial charge in [0.15, 0.2) is 18.8 Å². The highest BCUT2D eigenvalue weighted by Crippen LogP contribution is 2.05. The fourth-order valence-electron chi connectivity index (χ4n) is 1.11. The van der Waals surface area contributed by atoms with Crippen LogP contribution < -0.4 is 11.2 Å². The summed E-state index contributed by atoms with van der Waals surface area (Å²) in [4.78, 5) is 44.8. The predicted octanol–water partition coefficient (Wildman–Crippen LogP) is -2.05. The second kappa shape index (κ2) is 5.98. The number of halogens is 1. The maximum atomic E-state index is 13.0. The van der Waals surface area contributed by atoms with Crippen LogP contribution in [0.2, 0.25) is 0 Å². The molecule has 9 heteroatoms. The van der Waals surface area contributed by atoms with E-state index < -0.39 is 36.0 Å². The Morgan fingerprint density at radius 1 is 1.44 bits per heavy atom. The van der Waals surface area contributed by atoms with E-state index in [1.165, 1.54) is 0 Å². The number of carbonyl (C=O) groups excluding carboxylic acids is 2. The Kier molecular flexibility index (Phi) is 4.63. The monoisotopic (exact) mass is 260 g/mol. The summed E-state index contributed by atoms with van der Waals surface area (Å²) >= 11 is 0. The summed E-state index contributed by atoms with van der Waals surface area (Å²) in [5.74, 6) is -1.29. The van der Waals surface area contributed by atoms with Crippen LogP contribution in [0.5, 0.6) is 0 Å². The lowest BCUT2D eigenvalue weighted by molar-refractivity contribution is -0.140. The molecule has 0 radical (unpaired) electrons. The topological polar surface area (TPSA) is 118 Å². The molecule has 0 saturated carbocycles. The summed E-state index contributed by atoms with van der Waals surface area (Å²) in [5, 5.41) is 8.69. The van der Waals surface area contributed by atoms with Crippen molar-refractivity contribution in [1.29, 1.82) is 0 Å². The third-order valence-electron chi connectivity index (χ3n) is 1.96. The average Bonchev–Trinajstić information content (AvgIpc) is 2.36. The molecule has 8 nitrogen and oxygen atoms in total. The molecule has 0 aliphatic heterocycles. The normalized spacial score (nSPS) is 13.9. The van der Waals surface area contributed by atoms with Crippen molar-refractivity contribution < 1.29 is 23.8 Å². The van der Waals surface area contributed by atoms with Gasteiger partial charge in [0.2, 0.25) is 5.82 Å². The third kappa shape index (κ3) is 2.96. The van der Waals surface area contributed by atoms with E-state index in [-0.39, 0.29) is 12.6 Å². The van der Waals surface area contributed by atoms with Gasteiger partial charge in [-0.15, -0.1) is 0 Å². The van der Waals surface area contributed by atoms with Crippen LogP contribution in [-0.4, -0.2) is 39.9 Å². The van der Waals surface area contributed by atoms with Crippen LogP contribution in [0.1, 0.15) is 6.23 Å². The number of rotatable bonds is 6. The molecule has 0 aliphatic rings. The number of nitrogens with one attached hydrogen (secondary N) is 1. The van der Waals surface area contributed by atoms with E-state index in [0.717, 1.165) is 0 Å². The molecule has 18 heavy (non-hydrogen) atoms. The summed E-state index contributed by atoms with van der Waals surface area (Å²) < 4.78 is 18.2. The molecule has 0 aliphatic carbocycles. The van der Waals surface area contributed by atoms with E-state index in [9.17, 15) is 23.6 Å². The number of aliphatic hydroxyl groups excluding tert-OH is 1. The van der Waals surface area contributed by atoms with E-state index >= 15 is 0 Å². The minimum Gasteiger partial charge on any atom is -0.393 e. The van der Waals surface area contributed by atoms with Crippen molar-refractivity contribution >= 4 is 12.6 Å². The van der Waals surface area contributed by atoms with Gasteiger partial charge in [-0.1, -0.05) is 0 Å². The van der Waals surface area contributed by atoms with Gasteiger partial charge >= 0.3 is 5.69 Å². The number of aromatic nitrogens is 2. The number of ether oxygens (including phenoxy) is 1. The zero-order valence-electron chi connectivity index (χ0n) is 8.91. The van der Waals surface area contributed by atoms with Gasteiger partial charge < -0.3 is 14.6 Å². The first kappa shape index (κ1) is 13.9. The highest BCUT2D eigenvalue weighted by atomic mass is 19.1. The van der Waals surface area contributed by atoms with Gasteiger partial charge in [-0.05, 0) is 0 Å². The smallest absolute Gasteiger partial charge is 0.330 e. The molecule has 0 spiro atoms. The van der Waals surface area contributed by atoms with Crippen molar-refractivity contribution in [3.63, 3.8) is 0 Å². The standard InChI is InChI=1S/C9H9FN2O6/c10-6-1-12(9(17)11-8(6)16)7(4-15)18-5(2-13)3-14/h1-2,4-5,7,14H,3H2,(H,11,16,17)/t5-,7+/m1/s1. The molecule has 0 bridgehead atoms. The molecule has 1 aromatic heterocycles. The first-order valence-electron chi connectivity index (χ1n) is 4.71. The van der Waals surface area contributed by atoms with Crippen LogP contribution in [0.3, 0.4) is 0 Å². The zero-order valence-corrected chi connectivity index (χ0v) is 8.91. The van der Waals surface area contributed by atoms with Crippen LogP contribution in [0.25, 0.3) is 0 Å². The molecule has 2 N–H and O–H groups in total. The molecule has 0 unspecified atom stereocenters. The number of aromatic amines is 1. The Balaban J connectivity index is 3.13. The first-order valence-corrected chi connectivity index (χ1v) is 4.71. The van der Waals surface area contributed by atoms with Crippen molar-refractivity contribution in [1.82, 2.24) is 9.55 Å². The number of aldehydes is 2. The minimum atomic E-state index is -1.63. The molecule has 0 fully saturated rings. The van der Waals surface area contributed by atoms with E-state index in [0.29, 0.717) is 10.8 Å². The largest absolute Gasteiger partial charge is 0.393 e. The van der Waals surface area contributed by atoms with Gasteiger partial charge in [0.1, 0.15) is 6.10 Å². The second-order valence-corrected chi connectivity index (χ2v) is 3.16. The van der Waals surface area contributed by atoms with E-state index in [1.807, 2.05) is 0 Å². The predicted molar refractivity (Wildman–Crippen MR) is 54.4 cm³/mol. The summed E-state index contributed by atoms with van der Waals surface area (Å²) in [6, 6.07) is 0. The summed E-state index contributed by atoms with van der Waals surface area (Å²) in [7, 11) is 0. The summed E-state index contributed by atoms with van der Waals surface area (Å²) in [6.07, 6.45) is -2.18. The van der Waals surface area contributed by atoms with E-state index in [2.05, 4.69) is 0 Å². The van der Waals surface area contributed by atoms with E-state index in [1.54, 1.807) is 4.98 Å². The summed E-state index contributed by atoms with van der Waals surface area (Å²) in [5.41, 5.74) is -2.32. The Morgan fingerprint density at radius 2 is 2.11 bits per heavy atom. The quantitative estimate of drug-likeness (QED) is 0.568. The number of hydrogen-bond acceptors (Lipinski definition) is 6. The van der Waals surface area contributed by atoms with Crippen molar-refractivity contribution in [2.24, 2.45) is 0 Å². The molecule has 1 heterocycles. The number of aliphatic hydroxyl groups is 1. The van der Waals surface area contributed by atoms with Crippen LogP contribution in [0.15, 0.2) is 15.8 Å². The average molecular weight is 260 g/mol. The summed E-state index contributed by atoms with van der Waals surface area (Å²) in [6.45, 7) is -0.714. The molecule has 2 atom stereocenters. The molecule has 0 aromatic carbocycles. The van der Waals surface area contributed by atoms with Crippen molar-refractivity contribution in [3.05, 3.63) is 32.9 Å². The highest BCUT2D eigenvalue weighted by molar-refractivity contribution is 5.58. The Bertz CT molecular complexity index is 551. The lowest BCUT2D eigenvalue weighted by Gasteiger charge is -2.17. The van der Waals surface area contributed by atoms with Crippen molar-refractivity contribution in [2.45, 2.75) is 12.3 Å². The van der Waals surface area contributed by atoms with E-state index in [4.69, 9.17) is 9.84 Å². The van der Waals surface area contributed by atoms with Gasteiger partial charge in [-0.25, -0.2) is 4.79 Å². The zero-order chi connectivity index (χ0) is 13.7. The maximum absolute atomic E-state index is 13.0. The van der Waals surface area contributed by atoms with Crippen LogP contribution in [-0.2, 0) is 14.3 Å². The Hall–Kier alpha value is -2.13. The van der Waals surface area contributed by atoms with Gasteiger partial charge in [0.25, 0.3) is 5.56 Å². The SMILES string of the molecule is O=C[C@H](CO)O[C@@H](C=O)n1cc(F)c(=O)[nH]c1=O. The maximum Gasteiger partial charge on any atom is 0.330 e. The van der Waals surface area contributed by atoms with Crippen molar-refractivity contribution in [3.8, 4) is 0 Å². The fourth-order valence-corrected chi connectivity index (χ4v) is 1.11. The molecular formula is C9H9FN2O6. The van der Waals surface area contributed by atoms with Gasteiger partial charge in [-0.2, -0.15) is 4.39 Å². The molecule has 0 saturated heterocycles. The first-order chi connectivity index (χ1) is 8.53. The molecule has 0 amide bonds. The Labute approximate surface area is 98.6 Å². The van der Waals surface area contributed by atoms with Crippen LogP contribution >= 0.6 is 0 Å². The van der Waals surface area contributed by atoms with Gasteiger partial charge in [-0.3, -0.25) is 19.1 Å². The van der Waals surface area contributed by atoms with Crippen LogP contribution in [0.4, 0.5) is 4.39 Å². The highest BCUT2D eigenvalue weighted by Gasteiger charge is 2.19. The second-order valence-electron chi connectivity index (χ2n) is 3.16. The number of hydrogen-bond donors (Lipinski definition) is 2. The fraction of sp³-hybridized carbons (Fsp3) is 0.333. The van der Waals surface area contributed by atoms with Gasteiger partial charge in [0, 0.05) is 0 Å². The third-order valence-corrected chi connectivity index (χ3v) is 1.96. The van der Waals surface area contributed by atoms with Gasteiger partial charge in [0.05, 0.1) is 12.8 Å². The Morgan fingerprint density at radius 3 is 2.61 bits per heavy atom.